The molecule has 1 heterocycles. The van der Waals surface area contributed by atoms with E-state index < -0.39 is 13.9 Å². The zero-order valence-corrected chi connectivity index (χ0v) is 28.2. The smallest absolute Gasteiger partial charge is 0.410 e. The SMILES string of the molecule is CCCCC(C)CC(C)(C)[Si](C)(C)OC(c1ccccc1)C1CCC(Cc2ccc(N)cc2)N1C(=O)OC(C)(C)C. The average Bonchev–Trinajstić information content (AvgIpc) is 3.30. The van der Waals surface area contributed by atoms with Crippen molar-refractivity contribution in [2.24, 2.45) is 5.92 Å². The van der Waals surface area contributed by atoms with Crippen molar-refractivity contribution in [1.29, 1.82) is 0 Å². The Balaban J connectivity index is 1.97. The van der Waals surface area contributed by atoms with Gasteiger partial charge < -0.3 is 14.9 Å². The maximum Gasteiger partial charge on any atom is 0.410 e. The molecule has 5 nitrogen and oxygen atoms in total. The molecule has 0 bridgehead atoms. The first-order valence-electron chi connectivity index (χ1n) is 15.7. The number of rotatable bonds is 12. The van der Waals surface area contributed by atoms with Gasteiger partial charge in [-0.25, -0.2) is 4.79 Å². The summed E-state index contributed by atoms with van der Waals surface area (Å²) < 4.78 is 13.4. The number of hydrogen-bond acceptors (Lipinski definition) is 4. The lowest BCUT2D eigenvalue weighted by Crippen LogP contribution is -2.51. The summed E-state index contributed by atoms with van der Waals surface area (Å²) >= 11 is 0. The highest BCUT2D eigenvalue weighted by Crippen LogP contribution is 2.48. The molecule has 0 aromatic heterocycles. The van der Waals surface area contributed by atoms with Crippen molar-refractivity contribution in [2.45, 2.75) is 135 Å². The number of carbonyl (C=O) groups is 1. The van der Waals surface area contributed by atoms with Crippen molar-refractivity contribution in [2.75, 3.05) is 5.73 Å². The number of nitrogens with two attached hydrogens (primary N) is 1. The fourth-order valence-corrected chi connectivity index (χ4v) is 8.28. The maximum absolute atomic E-state index is 13.9. The van der Waals surface area contributed by atoms with E-state index in [1.807, 2.05) is 43.9 Å². The molecule has 1 fully saturated rings. The Hall–Kier alpha value is -2.31. The first-order chi connectivity index (χ1) is 19.1. The molecule has 228 valence electrons. The molecule has 0 aliphatic carbocycles. The van der Waals surface area contributed by atoms with E-state index in [0.717, 1.165) is 36.9 Å². The number of anilines is 1. The van der Waals surface area contributed by atoms with Crippen molar-refractivity contribution in [3.8, 4) is 0 Å². The molecule has 1 saturated heterocycles. The molecule has 1 aliphatic heterocycles. The molecule has 4 atom stereocenters. The van der Waals surface area contributed by atoms with Gasteiger partial charge in [-0.1, -0.05) is 89.4 Å². The van der Waals surface area contributed by atoms with Gasteiger partial charge in [0.2, 0.25) is 0 Å². The average molecular weight is 581 g/mol. The largest absolute Gasteiger partial charge is 0.444 e. The van der Waals surface area contributed by atoms with Crippen molar-refractivity contribution < 1.29 is 14.0 Å². The number of benzene rings is 2. The third kappa shape index (κ3) is 9.08. The lowest BCUT2D eigenvalue weighted by atomic mass is 9.93. The van der Waals surface area contributed by atoms with Gasteiger partial charge in [-0.2, -0.15) is 0 Å². The maximum atomic E-state index is 13.9. The highest BCUT2D eigenvalue weighted by atomic mass is 28.4. The van der Waals surface area contributed by atoms with E-state index in [9.17, 15) is 4.79 Å². The van der Waals surface area contributed by atoms with Crippen molar-refractivity contribution >= 4 is 20.1 Å². The Morgan fingerprint density at radius 3 is 2.24 bits per heavy atom. The second-order valence-electron chi connectivity index (χ2n) is 14.4. The van der Waals surface area contributed by atoms with Crippen LogP contribution < -0.4 is 5.73 Å². The van der Waals surface area contributed by atoms with Gasteiger partial charge in [0.1, 0.15) is 5.60 Å². The monoisotopic (exact) mass is 580 g/mol. The number of hydrogen-bond donors (Lipinski definition) is 1. The van der Waals surface area contributed by atoms with E-state index in [-0.39, 0.29) is 29.3 Å². The normalized spacial score (nSPS) is 19.7. The minimum absolute atomic E-state index is 0.0279. The van der Waals surface area contributed by atoms with Crippen LogP contribution in [0.4, 0.5) is 10.5 Å². The Morgan fingerprint density at radius 1 is 1.02 bits per heavy atom. The zero-order valence-electron chi connectivity index (χ0n) is 27.2. The van der Waals surface area contributed by atoms with E-state index in [1.54, 1.807) is 0 Å². The second kappa shape index (κ2) is 13.8. The van der Waals surface area contributed by atoms with Crippen molar-refractivity contribution in [1.82, 2.24) is 4.90 Å². The van der Waals surface area contributed by atoms with E-state index in [1.165, 1.54) is 24.8 Å². The number of unbranched alkanes of at least 4 members (excludes halogenated alkanes) is 1. The van der Waals surface area contributed by atoms with E-state index in [2.05, 4.69) is 77.2 Å². The number of nitrogen functional groups attached to an aromatic ring is 1. The lowest BCUT2D eigenvalue weighted by Gasteiger charge is -2.45. The van der Waals surface area contributed by atoms with Gasteiger partial charge in [0.05, 0.1) is 12.1 Å². The molecule has 6 heteroatoms. The van der Waals surface area contributed by atoms with Crippen LogP contribution in [-0.4, -0.2) is 37.0 Å². The fraction of sp³-hybridized carbons (Fsp3) is 0.629. The van der Waals surface area contributed by atoms with Gasteiger partial charge >= 0.3 is 6.09 Å². The van der Waals surface area contributed by atoms with Crippen LogP contribution in [0.25, 0.3) is 0 Å². The quantitative estimate of drug-likeness (QED) is 0.200. The minimum Gasteiger partial charge on any atom is -0.444 e. The minimum atomic E-state index is -2.25. The summed E-state index contributed by atoms with van der Waals surface area (Å²) in [5.74, 6) is 0.657. The number of likely N-dealkylation sites (tertiary alicyclic amines) is 1. The van der Waals surface area contributed by atoms with Crippen LogP contribution in [0.5, 0.6) is 0 Å². The number of carbonyl (C=O) groups excluding carboxylic acids is 1. The Morgan fingerprint density at radius 2 is 1.66 bits per heavy atom. The second-order valence-corrected chi connectivity index (χ2v) is 19.0. The molecule has 2 N–H and O–H groups in total. The molecule has 3 rings (SSSR count). The molecule has 2 aromatic rings. The van der Waals surface area contributed by atoms with Gasteiger partial charge in [-0.3, -0.25) is 4.90 Å². The predicted octanol–water partition coefficient (Wildman–Crippen LogP) is 9.54. The van der Waals surface area contributed by atoms with Crippen LogP contribution in [0.3, 0.4) is 0 Å². The van der Waals surface area contributed by atoms with Gasteiger partial charge in [0, 0.05) is 11.7 Å². The van der Waals surface area contributed by atoms with Crippen LogP contribution in [0.1, 0.15) is 104 Å². The summed E-state index contributed by atoms with van der Waals surface area (Å²) in [4.78, 5) is 15.9. The number of amides is 1. The molecule has 0 spiro atoms. The molecule has 4 unspecified atom stereocenters. The molecule has 0 saturated carbocycles. The molecular formula is C35H56N2O3Si. The highest BCUT2D eigenvalue weighted by Gasteiger charge is 2.49. The van der Waals surface area contributed by atoms with Crippen LogP contribution in [0, 0.1) is 5.92 Å². The number of ether oxygens (including phenoxy) is 1. The predicted molar refractivity (Wildman–Crippen MR) is 175 cm³/mol. The van der Waals surface area contributed by atoms with Gasteiger partial charge in [0.25, 0.3) is 0 Å². The van der Waals surface area contributed by atoms with Crippen LogP contribution >= 0.6 is 0 Å². The van der Waals surface area contributed by atoms with Gasteiger partial charge in [-0.15, -0.1) is 0 Å². The van der Waals surface area contributed by atoms with E-state index in [4.69, 9.17) is 14.9 Å². The first kappa shape index (κ1) is 33.2. The Labute approximate surface area is 251 Å². The molecular weight excluding hydrogens is 524 g/mol. The van der Waals surface area contributed by atoms with E-state index >= 15 is 0 Å². The molecule has 1 amide bonds. The Bertz CT molecular complexity index is 1090. The Kier molecular flexibility index (Phi) is 11.1. The topological polar surface area (TPSA) is 64.8 Å². The van der Waals surface area contributed by atoms with Gasteiger partial charge in [0.15, 0.2) is 8.32 Å². The zero-order chi connectivity index (χ0) is 30.4. The van der Waals surface area contributed by atoms with Gasteiger partial charge in [-0.05, 0) is 93.8 Å². The fourth-order valence-electron chi connectivity index (χ4n) is 6.19. The van der Waals surface area contributed by atoms with Crippen molar-refractivity contribution in [3.63, 3.8) is 0 Å². The van der Waals surface area contributed by atoms with E-state index in [0.29, 0.717) is 5.92 Å². The molecule has 41 heavy (non-hydrogen) atoms. The summed E-state index contributed by atoms with van der Waals surface area (Å²) in [6, 6.07) is 18.5. The molecule has 1 aliphatic rings. The summed E-state index contributed by atoms with van der Waals surface area (Å²) in [6.45, 7) is 20.0. The van der Waals surface area contributed by atoms with Crippen LogP contribution in [0.2, 0.25) is 18.1 Å². The first-order valence-corrected chi connectivity index (χ1v) is 18.6. The highest BCUT2D eigenvalue weighted by molar-refractivity contribution is 6.74. The summed E-state index contributed by atoms with van der Waals surface area (Å²) in [6.07, 6.45) is 6.98. The third-order valence-electron chi connectivity index (χ3n) is 9.04. The van der Waals surface area contributed by atoms with Crippen molar-refractivity contribution in [3.05, 3.63) is 65.7 Å². The van der Waals surface area contributed by atoms with Crippen LogP contribution in [-0.2, 0) is 15.6 Å². The number of nitrogens with zero attached hydrogens (tertiary/aromatic N) is 1. The summed E-state index contributed by atoms with van der Waals surface area (Å²) in [5.41, 5.74) is 8.43. The molecule has 2 aromatic carbocycles. The summed E-state index contributed by atoms with van der Waals surface area (Å²) in [7, 11) is -2.25. The molecule has 0 radical (unpaired) electrons. The lowest BCUT2D eigenvalue weighted by molar-refractivity contribution is -0.00260. The standard InChI is InChI=1S/C35H56N2O3Si/c1-10-11-15-26(2)25-35(6,7)41(8,9)40-32(28-16-13-12-14-17-28)31-23-22-30(24-27-18-20-29(36)21-19-27)37(31)33(38)39-34(3,4)5/h12-14,16-21,26,30-32H,10-11,15,22-25,36H2,1-9H3. The summed E-state index contributed by atoms with van der Waals surface area (Å²) in [5, 5.41) is 0.0753. The third-order valence-corrected chi connectivity index (χ3v) is 13.3. The van der Waals surface area contributed by atoms with Crippen LogP contribution in [0.15, 0.2) is 54.6 Å².